The fraction of sp³-hybridized carbons (Fsp3) is 0.0278. The molecule has 0 spiro atoms. The summed E-state index contributed by atoms with van der Waals surface area (Å²) in [7, 11) is -30.7. The average Bonchev–Trinajstić information content (AvgIpc) is 3.22. The predicted molar refractivity (Wildman–Crippen MR) is 272 cm³/mol. The van der Waals surface area contributed by atoms with Crippen molar-refractivity contribution in [1.29, 1.82) is 0 Å². The Hall–Kier alpha value is -0.960. The van der Waals surface area contributed by atoms with E-state index in [1.807, 2.05) is 4.98 Å². The van der Waals surface area contributed by atoms with Crippen LogP contribution in [0.5, 0.6) is 0 Å². The van der Waals surface area contributed by atoms with Crippen LogP contribution in [0, 0.1) is 13.0 Å². The number of nitrogens with zero attached hydrogens (tertiary/aromatic N) is 7. The summed E-state index contributed by atoms with van der Waals surface area (Å²) in [4.78, 5) is 7.39. The number of hydrogen-bond donors (Lipinski definition) is 8. The molecule has 0 amide bonds. The van der Waals surface area contributed by atoms with Gasteiger partial charge in [0.1, 0.15) is 14.7 Å². The van der Waals surface area contributed by atoms with E-state index in [2.05, 4.69) is 40.7 Å². The third-order valence-corrected chi connectivity index (χ3v) is 14.6. The molecule has 0 aliphatic heterocycles. The third kappa shape index (κ3) is 18.0. The van der Waals surface area contributed by atoms with Crippen LogP contribution in [0.1, 0.15) is 5.56 Å². The molecule has 0 aliphatic rings. The molecule has 1 heterocycles. The number of H-pyrrole nitrogens is 1. The second-order valence-electron chi connectivity index (χ2n) is 14.2. The van der Waals surface area contributed by atoms with E-state index >= 15 is 0 Å². The summed E-state index contributed by atoms with van der Waals surface area (Å²) in [5, 5.41) is 17.7. The molecule has 0 fully saturated rings. The minimum Gasteiger partial charge on any atom is -0.324 e. The fourth-order valence-electron chi connectivity index (χ4n) is 6.37. The molecule has 0 bridgehead atoms. The molecule has 6 aromatic carbocycles. The molecule has 76 heavy (non-hydrogen) atoms. The van der Waals surface area contributed by atoms with Crippen LogP contribution in [0.2, 0.25) is 0 Å². The standard InChI is InChI=1S/C36H26FN9O18S6.6Na/c1-17-10-18(38-35-40-34(37)41-36(42-35)39-30-15-21(66(50,51)52)4-9-31(30)68(56,57)58)2-6-27(17)44-46-28-7-8-29(24-13-20(65(47,48)49)3-5-23(24)28)45-43-19-11-25-26(32(12-19)69(59,60)61)14-22(67(53,54)55)16-33(25)70(62,63)64;;;;;;/h2-16H,1H3,(H,47,48,49)(H,50,51,52)(H,53,54,55)(H,56,57,58)(H,59,60,61)(H,62,63,64)(H2,38,39,40,41,42);;;;;;. The molecule has 0 saturated heterocycles. The minimum atomic E-state index is -5.36. The van der Waals surface area contributed by atoms with Crippen LogP contribution in [0.3, 0.4) is 0 Å². The molecule has 7 aromatic rings. The first kappa shape index (κ1) is 73.1. The maximum absolute atomic E-state index is 14.6. The number of aryl methyl sites for hydroxylation is 1. The molecule has 0 unspecified atom stereocenters. The van der Waals surface area contributed by atoms with Crippen molar-refractivity contribution in [3.8, 4) is 0 Å². The zero-order valence-corrected chi connectivity index (χ0v) is 57.1. The molecule has 6 radical (unpaired) electrons. The van der Waals surface area contributed by atoms with Gasteiger partial charge in [0, 0.05) is 205 Å². The number of aromatic amines is 1. The Labute approximate surface area is 563 Å². The van der Waals surface area contributed by atoms with Crippen molar-refractivity contribution in [2.75, 3.05) is 5.32 Å². The van der Waals surface area contributed by atoms with E-state index in [-0.39, 0.29) is 211 Å². The normalized spacial score (nSPS) is 12.4. The van der Waals surface area contributed by atoms with Crippen LogP contribution < -0.4 is 10.9 Å². The van der Waals surface area contributed by atoms with Crippen molar-refractivity contribution in [2.24, 2.45) is 25.4 Å². The zero-order chi connectivity index (χ0) is 51.5. The first-order chi connectivity index (χ1) is 32.3. The van der Waals surface area contributed by atoms with E-state index in [0.29, 0.717) is 42.0 Å². The Balaban J connectivity index is 0.00000481. The molecule has 0 saturated carbocycles. The number of hydrogen-bond acceptors (Lipinski definition) is 20. The maximum Gasteiger partial charge on any atom is 0.296 e. The van der Waals surface area contributed by atoms with Gasteiger partial charge in [0.2, 0.25) is 11.6 Å². The van der Waals surface area contributed by atoms with Gasteiger partial charge in [-0.2, -0.15) is 75.1 Å². The van der Waals surface area contributed by atoms with Crippen molar-refractivity contribution >= 4 is 300 Å². The van der Waals surface area contributed by atoms with E-state index in [4.69, 9.17) is 0 Å². The van der Waals surface area contributed by atoms with Crippen molar-refractivity contribution in [3.05, 3.63) is 108 Å². The molecule has 8 N–H and O–H groups in total. The Morgan fingerprint density at radius 3 is 1.47 bits per heavy atom. The Morgan fingerprint density at radius 2 is 0.921 bits per heavy atom. The summed E-state index contributed by atoms with van der Waals surface area (Å²) in [5.41, 5.74) is -1.24. The van der Waals surface area contributed by atoms with Crippen LogP contribution >= 0.6 is 0 Å². The van der Waals surface area contributed by atoms with Gasteiger partial charge >= 0.3 is 0 Å². The number of anilines is 2. The van der Waals surface area contributed by atoms with Crippen LogP contribution in [0.25, 0.3) is 21.5 Å². The molecule has 0 atom stereocenters. The number of nitrogens with one attached hydrogen (secondary N) is 2. The number of azo groups is 2. The Kier molecular flexibility index (Phi) is 26.8. The third-order valence-electron chi connectivity index (χ3n) is 9.40. The van der Waals surface area contributed by atoms with Crippen molar-refractivity contribution in [3.63, 3.8) is 0 Å². The average molecular weight is 1220 g/mol. The topological polar surface area (TPSA) is 442 Å². The van der Waals surface area contributed by atoms with Crippen molar-refractivity contribution < 1.29 is 82.2 Å². The zero-order valence-electron chi connectivity index (χ0n) is 40.2. The maximum atomic E-state index is 14.6. The van der Waals surface area contributed by atoms with E-state index in [1.54, 1.807) is 6.92 Å². The molecule has 40 heteroatoms. The Bertz CT molecular complexity index is 4280. The van der Waals surface area contributed by atoms with Crippen LogP contribution in [0.4, 0.5) is 44.5 Å². The molecule has 1 aromatic heterocycles. The number of rotatable bonds is 13. The monoisotopic (exact) mass is 1220 g/mol. The van der Waals surface area contributed by atoms with Crippen LogP contribution in [-0.4, -0.2) is 270 Å². The number of halogens is 1. The van der Waals surface area contributed by atoms with Gasteiger partial charge in [-0.1, -0.05) is 6.07 Å². The number of aromatic nitrogens is 3. The van der Waals surface area contributed by atoms with Crippen molar-refractivity contribution in [1.82, 2.24) is 15.0 Å². The van der Waals surface area contributed by atoms with Gasteiger partial charge in [0.05, 0.1) is 43.1 Å². The second kappa shape index (κ2) is 27.9. The second-order valence-corrected chi connectivity index (χ2v) is 22.6. The van der Waals surface area contributed by atoms with Crippen LogP contribution in [0.15, 0.2) is 146 Å². The first-order valence-corrected chi connectivity index (χ1v) is 27.0. The predicted octanol–water partition coefficient (Wildman–Crippen LogP) is 3.56. The minimum absolute atomic E-state index is 0. The molecular formula is C36H26FN9Na6O18S6. The van der Waals surface area contributed by atoms with Gasteiger partial charge in [-0.05, 0) is 97.4 Å². The first-order valence-electron chi connectivity index (χ1n) is 18.3. The smallest absolute Gasteiger partial charge is 0.296 e. The summed E-state index contributed by atoms with van der Waals surface area (Å²) in [6.45, 7) is 1.58. The molecule has 27 nitrogen and oxygen atoms in total. The SMILES string of the molecule is Cc1cc(Nc2nc(F)[nH]c(=Nc3cc(S(=O)(=O)O)ccc3S(=O)(=O)O)n2)ccc1N=Nc1ccc(N=Nc2cc(S(=O)(=O)O)c3cc(S(=O)(=O)O)cc(S(=O)(=O)O)c3c2)c2cc(S(=O)(=O)O)ccc12.[Na].[Na].[Na].[Na].[Na].[Na]. The van der Waals surface area contributed by atoms with E-state index in [1.165, 1.54) is 36.4 Å². The van der Waals surface area contributed by atoms with Gasteiger partial charge in [-0.3, -0.25) is 32.3 Å². The quantitative estimate of drug-likeness (QED) is 0.0465. The molecule has 372 valence electrons. The summed E-state index contributed by atoms with van der Waals surface area (Å²) in [6.07, 6.45) is -1.31. The fourth-order valence-corrected chi connectivity index (χ4v) is 10.0. The summed E-state index contributed by atoms with van der Waals surface area (Å²) in [6, 6.07) is 14.3. The molecular weight excluding hydrogens is 1200 g/mol. The number of fused-ring (bicyclic) bond motifs is 2. The van der Waals surface area contributed by atoms with Gasteiger partial charge in [0.15, 0.2) is 0 Å². The van der Waals surface area contributed by atoms with Crippen molar-refractivity contribution in [2.45, 2.75) is 36.3 Å². The van der Waals surface area contributed by atoms with Gasteiger partial charge < -0.3 is 5.32 Å². The van der Waals surface area contributed by atoms with E-state index in [0.717, 1.165) is 18.2 Å². The molecule has 7 rings (SSSR count). The van der Waals surface area contributed by atoms with Gasteiger partial charge in [-0.25, -0.2) is 4.99 Å². The van der Waals surface area contributed by atoms with E-state index < -0.39 is 130 Å². The number of benzene rings is 6. The van der Waals surface area contributed by atoms with E-state index in [9.17, 15) is 82.2 Å². The molecule has 0 aliphatic carbocycles. The summed E-state index contributed by atoms with van der Waals surface area (Å²) in [5.74, 6) is -0.465. The van der Waals surface area contributed by atoms with Crippen LogP contribution in [-0.2, 0) is 60.7 Å². The summed E-state index contributed by atoms with van der Waals surface area (Å²) >= 11 is 0. The largest absolute Gasteiger partial charge is 0.324 e. The van der Waals surface area contributed by atoms with Gasteiger partial charge in [-0.15, -0.1) is 10.2 Å². The Morgan fingerprint density at radius 1 is 0.447 bits per heavy atom. The van der Waals surface area contributed by atoms with Gasteiger partial charge in [0.25, 0.3) is 66.8 Å². The summed E-state index contributed by atoms with van der Waals surface area (Å²) < 4.78 is 218.